The van der Waals surface area contributed by atoms with Gasteiger partial charge in [-0.2, -0.15) is 0 Å². The van der Waals surface area contributed by atoms with E-state index in [1.807, 2.05) is 0 Å². The van der Waals surface area contributed by atoms with Crippen molar-refractivity contribution < 1.29 is 23.8 Å². The number of thioether (sulfide) groups is 1. The van der Waals surface area contributed by atoms with E-state index < -0.39 is 5.97 Å². The van der Waals surface area contributed by atoms with Crippen LogP contribution in [0.3, 0.4) is 0 Å². The van der Waals surface area contributed by atoms with Crippen LogP contribution < -0.4 is 14.7 Å². The second-order valence-electron chi connectivity index (χ2n) is 6.28. The molecule has 4 rings (SSSR count). The first kappa shape index (κ1) is 19.9. The van der Waals surface area contributed by atoms with Gasteiger partial charge in [0.1, 0.15) is 17.3 Å². The molecule has 6 nitrogen and oxygen atoms in total. The summed E-state index contributed by atoms with van der Waals surface area (Å²) in [5.41, 5.74) is 1.47. The Morgan fingerprint density at radius 1 is 1.10 bits per heavy atom. The van der Waals surface area contributed by atoms with Gasteiger partial charge in [-0.25, -0.2) is 0 Å². The Morgan fingerprint density at radius 3 is 2.43 bits per heavy atom. The van der Waals surface area contributed by atoms with Crippen molar-refractivity contribution in [1.82, 2.24) is 0 Å². The van der Waals surface area contributed by atoms with E-state index >= 15 is 0 Å². The van der Waals surface area contributed by atoms with Gasteiger partial charge in [0.2, 0.25) is 0 Å². The maximum atomic E-state index is 12.9. The molecule has 1 saturated heterocycles. The van der Waals surface area contributed by atoms with E-state index in [1.165, 1.54) is 28.8 Å². The van der Waals surface area contributed by atoms with Crippen LogP contribution in [-0.2, 0) is 4.79 Å². The zero-order chi connectivity index (χ0) is 21.3. The number of furan rings is 1. The summed E-state index contributed by atoms with van der Waals surface area (Å²) in [5, 5.41) is 10.9. The van der Waals surface area contributed by atoms with E-state index in [0.717, 1.165) is 0 Å². The van der Waals surface area contributed by atoms with E-state index in [2.05, 4.69) is 0 Å². The number of carbonyl (C=O) groups excluding carboxylic acids is 2. The number of ether oxygens (including phenoxy) is 1. The minimum atomic E-state index is -1.24. The maximum Gasteiger partial charge on any atom is 0.270 e. The predicted octanol–water partition coefficient (Wildman–Crippen LogP) is 3.72. The van der Waals surface area contributed by atoms with Crippen molar-refractivity contribution in [1.29, 1.82) is 0 Å². The van der Waals surface area contributed by atoms with Crippen LogP contribution in [0.4, 0.5) is 5.69 Å². The number of nitrogens with zero attached hydrogens (tertiary/aromatic N) is 1. The zero-order valence-electron chi connectivity index (χ0n) is 15.7. The third-order valence-electron chi connectivity index (χ3n) is 4.43. The molecule has 2 aromatic carbocycles. The van der Waals surface area contributed by atoms with Crippen LogP contribution in [0.15, 0.2) is 70.0 Å². The summed E-state index contributed by atoms with van der Waals surface area (Å²) in [6, 6.07) is 16.7. The van der Waals surface area contributed by atoms with Crippen LogP contribution in [0.25, 0.3) is 17.4 Å². The van der Waals surface area contributed by atoms with E-state index in [9.17, 15) is 14.7 Å². The maximum absolute atomic E-state index is 12.9. The van der Waals surface area contributed by atoms with Crippen molar-refractivity contribution in [2.24, 2.45) is 0 Å². The van der Waals surface area contributed by atoms with Crippen molar-refractivity contribution in [3.05, 3.63) is 76.9 Å². The second-order valence-corrected chi connectivity index (χ2v) is 7.96. The summed E-state index contributed by atoms with van der Waals surface area (Å²) in [5.74, 6) is 0.267. The Bertz CT molecular complexity index is 1160. The Hall–Kier alpha value is -3.36. The number of methoxy groups -OCH3 is 1. The minimum absolute atomic E-state index is 0.0905. The summed E-state index contributed by atoms with van der Waals surface area (Å²) in [6.45, 7) is 0. The Labute approximate surface area is 181 Å². The fourth-order valence-corrected chi connectivity index (χ4v) is 4.19. The molecule has 30 heavy (non-hydrogen) atoms. The number of rotatable bonds is 5. The van der Waals surface area contributed by atoms with Crippen LogP contribution in [-0.4, -0.2) is 23.3 Å². The molecule has 1 aliphatic rings. The normalized spacial score (nSPS) is 15.1. The average Bonchev–Trinajstić information content (AvgIpc) is 3.33. The number of hydrogen-bond acceptors (Lipinski definition) is 7. The molecular weight excluding hydrogens is 422 g/mol. The smallest absolute Gasteiger partial charge is 0.270 e. The molecule has 0 saturated carbocycles. The molecule has 8 heteroatoms. The third kappa shape index (κ3) is 3.87. The standard InChI is InChI=1S/C22H15NO5S2/c1-27-16-8-6-15(7-9-16)23-20(24)19(30-22(23)29)12-17-10-11-18(28-17)13-2-4-14(5-3-13)21(25)26/h2-12H,1H3,(H,25,26)/p-1/b19-12+. The molecule has 0 radical (unpaired) electrons. The summed E-state index contributed by atoms with van der Waals surface area (Å²) >= 11 is 6.58. The van der Waals surface area contributed by atoms with Gasteiger partial charge in [0.05, 0.1) is 23.7 Å². The first-order valence-corrected chi connectivity index (χ1v) is 10.0. The molecule has 0 aliphatic carbocycles. The first-order chi connectivity index (χ1) is 14.5. The fourth-order valence-electron chi connectivity index (χ4n) is 2.91. The van der Waals surface area contributed by atoms with Gasteiger partial charge in [-0.3, -0.25) is 9.69 Å². The van der Waals surface area contributed by atoms with Crippen LogP contribution in [0.2, 0.25) is 0 Å². The van der Waals surface area contributed by atoms with Gasteiger partial charge in [0.15, 0.2) is 4.32 Å². The van der Waals surface area contributed by atoms with Crippen LogP contribution in [0.1, 0.15) is 16.1 Å². The van der Waals surface area contributed by atoms with Crippen molar-refractivity contribution >= 4 is 51.9 Å². The average molecular weight is 436 g/mol. The molecule has 0 atom stereocenters. The summed E-state index contributed by atoms with van der Waals surface area (Å²) < 4.78 is 11.4. The SMILES string of the molecule is COc1ccc(N2C(=O)/C(=C\c3ccc(-c4ccc(C(=O)[O-])cc4)o3)SC2=S)cc1. The minimum Gasteiger partial charge on any atom is -0.545 e. The van der Waals surface area contributed by atoms with Crippen LogP contribution in [0, 0.1) is 0 Å². The number of benzene rings is 2. The van der Waals surface area contributed by atoms with Gasteiger partial charge in [0, 0.05) is 11.6 Å². The Balaban J connectivity index is 1.56. The topological polar surface area (TPSA) is 82.8 Å². The quantitative estimate of drug-likeness (QED) is 0.445. The van der Waals surface area contributed by atoms with E-state index in [4.69, 9.17) is 21.4 Å². The molecule has 1 amide bonds. The van der Waals surface area contributed by atoms with Crippen molar-refractivity contribution in [2.75, 3.05) is 12.0 Å². The lowest BCUT2D eigenvalue weighted by molar-refractivity contribution is -0.255. The largest absolute Gasteiger partial charge is 0.545 e. The number of carboxylic acids is 1. The third-order valence-corrected chi connectivity index (χ3v) is 5.73. The molecule has 2 heterocycles. The molecule has 3 aromatic rings. The fraction of sp³-hybridized carbons (Fsp3) is 0.0455. The number of thiocarbonyl (C=S) groups is 1. The highest BCUT2D eigenvalue weighted by molar-refractivity contribution is 8.27. The number of amides is 1. The second kappa shape index (κ2) is 8.17. The molecular formula is C22H14NO5S2-. The van der Waals surface area contributed by atoms with Crippen LogP contribution >= 0.6 is 24.0 Å². The molecule has 1 fully saturated rings. The number of aromatic carboxylic acids is 1. The molecule has 0 unspecified atom stereocenters. The van der Waals surface area contributed by atoms with Gasteiger partial charge < -0.3 is 19.1 Å². The summed E-state index contributed by atoms with van der Waals surface area (Å²) in [7, 11) is 1.58. The monoisotopic (exact) mass is 436 g/mol. The molecule has 0 N–H and O–H groups in total. The predicted molar refractivity (Wildman–Crippen MR) is 117 cm³/mol. The lowest BCUT2D eigenvalue weighted by atomic mass is 10.1. The molecule has 0 spiro atoms. The molecule has 150 valence electrons. The number of carbonyl (C=O) groups is 2. The van der Waals surface area contributed by atoms with E-state index in [0.29, 0.717) is 37.7 Å². The molecule has 0 bridgehead atoms. The van der Waals surface area contributed by atoms with E-state index in [-0.39, 0.29) is 11.5 Å². The molecule has 1 aliphatic heterocycles. The van der Waals surface area contributed by atoms with Crippen LogP contribution in [0.5, 0.6) is 5.75 Å². The zero-order valence-corrected chi connectivity index (χ0v) is 17.3. The Kier molecular flexibility index (Phi) is 5.43. The summed E-state index contributed by atoms with van der Waals surface area (Å²) in [4.78, 5) is 25.6. The van der Waals surface area contributed by atoms with E-state index in [1.54, 1.807) is 61.7 Å². The molecule has 1 aromatic heterocycles. The van der Waals surface area contributed by atoms with Crippen molar-refractivity contribution in [3.8, 4) is 17.1 Å². The lowest BCUT2D eigenvalue weighted by Gasteiger charge is -2.14. The highest BCUT2D eigenvalue weighted by Crippen LogP contribution is 2.37. The summed E-state index contributed by atoms with van der Waals surface area (Å²) in [6.07, 6.45) is 1.64. The van der Waals surface area contributed by atoms with Gasteiger partial charge in [-0.1, -0.05) is 48.2 Å². The van der Waals surface area contributed by atoms with Gasteiger partial charge in [-0.15, -0.1) is 0 Å². The highest BCUT2D eigenvalue weighted by atomic mass is 32.2. The lowest BCUT2D eigenvalue weighted by Crippen LogP contribution is -2.27. The van der Waals surface area contributed by atoms with Crippen molar-refractivity contribution in [3.63, 3.8) is 0 Å². The van der Waals surface area contributed by atoms with Gasteiger partial charge in [0.25, 0.3) is 5.91 Å². The number of anilines is 1. The number of hydrogen-bond donors (Lipinski definition) is 0. The van der Waals surface area contributed by atoms with Crippen molar-refractivity contribution in [2.45, 2.75) is 0 Å². The first-order valence-electron chi connectivity index (χ1n) is 8.80. The Morgan fingerprint density at radius 2 is 1.80 bits per heavy atom. The highest BCUT2D eigenvalue weighted by Gasteiger charge is 2.33. The number of carboxylic acid groups (broad SMARTS) is 1. The van der Waals surface area contributed by atoms with Gasteiger partial charge in [-0.05, 0) is 42.0 Å². The van der Waals surface area contributed by atoms with Gasteiger partial charge >= 0.3 is 0 Å².